The van der Waals surface area contributed by atoms with E-state index in [2.05, 4.69) is 10.1 Å². The number of nitrogens with one attached hydrogen (secondary N) is 1. The average molecular weight is 297 g/mol. The molecule has 2 N–H and O–H groups in total. The molecule has 7 heteroatoms. The number of aliphatic carboxylic acids is 1. The summed E-state index contributed by atoms with van der Waals surface area (Å²) in [6.45, 7) is -0.327. The average Bonchev–Trinajstić information content (AvgIpc) is 2.46. The van der Waals surface area contributed by atoms with Crippen LogP contribution in [-0.2, 0) is 20.7 Å². The van der Waals surface area contributed by atoms with E-state index in [4.69, 9.17) is 14.6 Å². The third kappa shape index (κ3) is 6.13. The third-order valence-corrected chi connectivity index (χ3v) is 2.64. The van der Waals surface area contributed by atoms with Crippen LogP contribution in [0.1, 0.15) is 5.56 Å². The van der Waals surface area contributed by atoms with Crippen LogP contribution >= 0.6 is 0 Å². The second-order valence-corrected chi connectivity index (χ2v) is 4.18. The number of methoxy groups -OCH3 is 2. The fraction of sp³-hybridized carbons (Fsp3) is 0.429. The van der Waals surface area contributed by atoms with Crippen molar-refractivity contribution in [1.29, 1.82) is 0 Å². The molecule has 0 saturated carbocycles. The van der Waals surface area contributed by atoms with E-state index in [1.54, 1.807) is 20.3 Å². The smallest absolute Gasteiger partial charge is 0.329 e. The number of carboxylic acid groups (broad SMARTS) is 1. The van der Waals surface area contributed by atoms with Crippen LogP contribution in [0.4, 0.5) is 0 Å². The Morgan fingerprint density at radius 2 is 1.86 bits per heavy atom. The van der Waals surface area contributed by atoms with Crippen LogP contribution in [0.15, 0.2) is 18.2 Å². The normalized spacial score (nSPS) is 10.0. The number of carbonyl (C=O) groups excluding carboxylic acids is 1. The SMILES string of the molecule is COc1ccc(CCNC(=O)COCC(=O)O)cc1OC. The first-order valence-corrected chi connectivity index (χ1v) is 6.34. The minimum absolute atomic E-state index is 0.266. The molecular formula is C14H19NO6. The molecule has 0 saturated heterocycles. The van der Waals surface area contributed by atoms with Crippen LogP contribution in [0, 0.1) is 0 Å². The van der Waals surface area contributed by atoms with Crippen molar-refractivity contribution in [2.24, 2.45) is 0 Å². The van der Waals surface area contributed by atoms with Gasteiger partial charge in [0.15, 0.2) is 11.5 Å². The first-order valence-electron chi connectivity index (χ1n) is 6.34. The highest BCUT2D eigenvalue weighted by atomic mass is 16.5. The van der Waals surface area contributed by atoms with E-state index in [1.165, 1.54) is 0 Å². The van der Waals surface area contributed by atoms with Crippen molar-refractivity contribution in [3.05, 3.63) is 23.8 Å². The molecule has 1 amide bonds. The summed E-state index contributed by atoms with van der Waals surface area (Å²) in [7, 11) is 3.12. The minimum atomic E-state index is -1.10. The molecule has 1 aromatic rings. The minimum Gasteiger partial charge on any atom is -0.493 e. The summed E-state index contributed by atoms with van der Waals surface area (Å²) in [6, 6.07) is 5.52. The Bertz CT molecular complexity index is 488. The number of benzene rings is 1. The lowest BCUT2D eigenvalue weighted by Gasteiger charge is -2.10. The van der Waals surface area contributed by atoms with Crippen molar-refractivity contribution in [2.75, 3.05) is 34.0 Å². The van der Waals surface area contributed by atoms with Gasteiger partial charge in [0, 0.05) is 6.54 Å². The van der Waals surface area contributed by atoms with Gasteiger partial charge in [-0.25, -0.2) is 4.79 Å². The summed E-state index contributed by atoms with van der Waals surface area (Å²) >= 11 is 0. The van der Waals surface area contributed by atoms with Crippen molar-refractivity contribution in [3.63, 3.8) is 0 Å². The van der Waals surface area contributed by atoms with Gasteiger partial charge in [-0.2, -0.15) is 0 Å². The molecule has 0 aromatic heterocycles. The second-order valence-electron chi connectivity index (χ2n) is 4.18. The van der Waals surface area contributed by atoms with Crippen LogP contribution in [0.2, 0.25) is 0 Å². The number of hydrogen-bond donors (Lipinski definition) is 2. The highest BCUT2D eigenvalue weighted by Crippen LogP contribution is 2.27. The number of amides is 1. The molecule has 21 heavy (non-hydrogen) atoms. The van der Waals surface area contributed by atoms with Crippen molar-refractivity contribution in [3.8, 4) is 11.5 Å². The Hall–Kier alpha value is -2.28. The van der Waals surface area contributed by atoms with Gasteiger partial charge in [0.25, 0.3) is 0 Å². The van der Waals surface area contributed by atoms with Gasteiger partial charge in [0.1, 0.15) is 13.2 Å². The number of rotatable bonds is 9. The fourth-order valence-electron chi connectivity index (χ4n) is 1.66. The maximum atomic E-state index is 11.4. The van der Waals surface area contributed by atoms with E-state index in [0.29, 0.717) is 24.5 Å². The van der Waals surface area contributed by atoms with E-state index in [0.717, 1.165) is 5.56 Å². The van der Waals surface area contributed by atoms with Gasteiger partial charge < -0.3 is 24.6 Å². The van der Waals surface area contributed by atoms with E-state index >= 15 is 0 Å². The molecule has 0 fully saturated rings. The molecule has 0 atom stereocenters. The lowest BCUT2D eigenvalue weighted by molar-refractivity contribution is -0.143. The van der Waals surface area contributed by atoms with Gasteiger partial charge in [-0.3, -0.25) is 4.79 Å². The maximum Gasteiger partial charge on any atom is 0.329 e. The van der Waals surface area contributed by atoms with Gasteiger partial charge in [-0.1, -0.05) is 6.07 Å². The molecule has 0 aliphatic rings. The highest BCUT2D eigenvalue weighted by Gasteiger charge is 2.06. The Labute approximate surface area is 122 Å². The van der Waals surface area contributed by atoms with Gasteiger partial charge in [-0.05, 0) is 24.1 Å². The molecule has 0 spiro atoms. The van der Waals surface area contributed by atoms with Gasteiger partial charge >= 0.3 is 5.97 Å². The van der Waals surface area contributed by atoms with Crippen LogP contribution < -0.4 is 14.8 Å². The quantitative estimate of drug-likeness (QED) is 0.688. The van der Waals surface area contributed by atoms with Crippen molar-refractivity contribution in [1.82, 2.24) is 5.32 Å². The van der Waals surface area contributed by atoms with E-state index in [9.17, 15) is 9.59 Å². The summed E-state index contributed by atoms with van der Waals surface area (Å²) in [4.78, 5) is 21.6. The van der Waals surface area contributed by atoms with Gasteiger partial charge in [0.05, 0.1) is 14.2 Å². The Morgan fingerprint density at radius 1 is 1.14 bits per heavy atom. The summed E-state index contributed by atoms with van der Waals surface area (Å²) < 4.78 is 15.0. The third-order valence-electron chi connectivity index (χ3n) is 2.64. The lowest BCUT2D eigenvalue weighted by atomic mass is 10.1. The predicted octanol–water partition coefficient (Wildman–Crippen LogP) is 0.464. The molecule has 116 valence electrons. The largest absolute Gasteiger partial charge is 0.493 e. The summed E-state index contributed by atoms with van der Waals surface area (Å²) in [6.07, 6.45) is 0.616. The van der Waals surface area contributed by atoms with Crippen molar-refractivity contribution in [2.45, 2.75) is 6.42 Å². The van der Waals surface area contributed by atoms with Crippen LogP contribution in [0.5, 0.6) is 11.5 Å². The standard InChI is InChI=1S/C14H19NO6/c1-19-11-4-3-10(7-12(11)20-2)5-6-15-13(16)8-21-9-14(17)18/h3-4,7H,5-6,8-9H2,1-2H3,(H,15,16)(H,17,18). The molecule has 7 nitrogen and oxygen atoms in total. The number of carboxylic acids is 1. The van der Waals surface area contributed by atoms with Gasteiger partial charge in [0.2, 0.25) is 5.91 Å². The summed E-state index contributed by atoms with van der Waals surface area (Å²) in [5, 5.41) is 11.0. The molecule has 0 aliphatic heterocycles. The molecule has 0 aliphatic carbocycles. The first-order chi connectivity index (χ1) is 10.1. The number of carbonyl (C=O) groups is 2. The molecule has 1 aromatic carbocycles. The molecule has 0 bridgehead atoms. The first kappa shape index (κ1) is 16.8. The zero-order chi connectivity index (χ0) is 15.7. The van der Waals surface area contributed by atoms with E-state index in [1.807, 2.05) is 12.1 Å². The topological polar surface area (TPSA) is 94.1 Å². The molecule has 0 heterocycles. The summed E-state index contributed by atoms with van der Waals surface area (Å²) in [5.74, 6) is -0.177. The Morgan fingerprint density at radius 3 is 2.48 bits per heavy atom. The van der Waals surface area contributed by atoms with Crippen molar-refractivity contribution < 1.29 is 28.9 Å². The maximum absolute atomic E-state index is 11.4. The van der Waals surface area contributed by atoms with Crippen LogP contribution in [-0.4, -0.2) is 51.0 Å². The lowest BCUT2D eigenvalue weighted by Crippen LogP contribution is -2.30. The second kappa shape index (κ2) is 8.80. The van der Waals surface area contributed by atoms with Crippen LogP contribution in [0.25, 0.3) is 0 Å². The van der Waals surface area contributed by atoms with Crippen molar-refractivity contribution >= 4 is 11.9 Å². The Balaban J connectivity index is 2.35. The van der Waals surface area contributed by atoms with E-state index in [-0.39, 0.29) is 12.5 Å². The highest BCUT2D eigenvalue weighted by molar-refractivity contribution is 5.77. The summed E-state index contributed by atoms with van der Waals surface area (Å²) in [5.41, 5.74) is 0.986. The van der Waals surface area contributed by atoms with Gasteiger partial charge in [-0.15, -0.1) is 0 Å². The zero-order valence-corrected chi connectivity index (χ0v) is 12.0. The molecular weight excluding hydrogens is 278 g/mol. The number of hydrogen-bond acceptors (Lipinski definition) is 5. The molecule has 1 rings (SSSR count). The Kier molecular flexibility index (Phi) is 7.03. The molecule has 0 radical (unpaired) electrons. The van der Waals surface area contributed by atoms with E-state index < -0.39 is 12.6 Å². The van der Waals surface area contributed by atoms with Crippen LogP contribution in [0.3, 0.4) is 0 Å². The molecule has 0 unspecified atom stereocenters. The number of ether oxygens (including phenoxy) is 3. The predicted molar refractivity (Wildman–Crippen MR) is 74.7 cm³/mol. The monoisotopic (exact) mass is 297 g/mol. The fourth-order valence-corrected chi connectivity index (χ4v) is 1.66. The zero-order valence-electron chi connectivity index (χ0n) is 12.0.